The number of carboxylic acids is 1. The Morgan fingerprint density at radius 3 is 3.05 bits per heavy atom. The number of hydrogen-bond acceptors (Lipinski definition) is 5. The quantitative estimate of drug-likeness (QED) is 0.930. The summed E-state index contributed by atoms with van der Waals surface area (Å²) in [4.78, 5) is 30.7. The topological polar surface area (TPSA) is 74.9 Å². The second-order valence-corrected chi connectivity index (χ2v) is 6.52. The van der Waals surface area contributed by atoms with Gasteiger partial charge in [-0.2, -0.15) is 0 Å². The maximum atomic E-state index is 12.1. The van der Waals surface area contributed by atoms with Crippen LogP contribution in [-0.2, 0) is 11.3 Å². The number of nitrogens with zero attached hydrogens (tertiary/aromatic N) is 3. The lowest BCUT2D eigenvalue weighted by atomic mass is 9.99. The molecule has 1 saturated heterocycles. The van der Waals surface area contributed by atoms with E-state index in [0.717, 1.165) is 12.1 Å². The van der Waals surface area contributed by atoms with Crippen LogP contribution in [0, 0.1) is 6.92 Å². The van der Waals surface area contributed by atoms with Gasteiger partial charge in [0.25, 0.3) is 5.56 Å². The van der Waals surface area contributed by atoms with E-state index in [4.69, 9.17) is 0 Å². The van der Waals surface area contributed by atoms with E-state index in [1.165, 1.54) is 17.4 Å². The first-order valence-electron chi connectivity index (χ1n) is 6.87. The molecule has 6 nitrogen and oxygen atoms in total. The van der Waals surface area contributed by atoms with E-state index in [0.29, 0.717) is 30.2 Å². The molecule has 0 spiro atoms. The molecule has 2 aromatic heterocycles. The molecule has 1 unspecified atom stereocenters. The minimum atomic E-state index is -0.863. The third-order valence-corrected chi connectivity index (χ3v) is 5.18. The van der Waals surface area contributed by atoms with Crippen molar-refractivity contribution in [3.8, 4) is 0 Å². The Balaban J connectivity index is 1.95. The number of aromatic nitrogens is 2. The summed E-state index contributed by atoms with van der Waals surface area (Å²) in [6.45, 7) is 4.72. The minimum Gasteiger partial charge on any atom is -0.480 e. The van der Waals surface area contributed by atoms with Crippen molar-refractivity contribution < 1.29 is 9.90 Å². The Bertz CT molecular complexity index is 766. The molecule has 112 valence electrons. The van der Waals surface area contributed by atoms with Gasteiger partial charge in [-0.1, -0.05) is 0 Å². The number of likely N-dealkylation sites (tertiary alicyclic amines) is 1. The van der Waals surface area contributed by atoms with E-state index >= 15 is 0 Å². The summed E-state index contributed by atoms with van der Waals surface area (Å²) in [7, 11) is 0. The van der Waals surface area contributed by atoms with Crippen molar-refractivity contribution in [3.63, 3.8) is 0 Å². The first kappa shape index (κ1) is 14.2. The van der Waals surface area contributed by atoms with Crippen LogP contribution < -0.4 is 5.56 Å². The third-order valence-electron chi connectivity index (χ3n) is 4.23. The van der Waals surface area contributed by atoms with Crippen molar-refractivity contribution in [2.24, 2.45) is 0 Å². The Morgan fingerprint density at radius 2 is 2.33 bits per heavy atom. The van der Waals surface area contributed by atoms with Crippen LogP contribution in [0.15, 0.2) is 16.2 Å². The van der Waals surface area contributed by atoms with Crippen LogP contribution in [-0.4, -0.2) is 37.4 Å². The largest absolute Gasteiger partial charge is 0.480 e. The van der Waals surface area contributed by atoms with Crippen LogP contribution in [0.4, 0.5) is 0 Å². The van der Waals surface area contributed by atoms with E-state index in [-0.39, 0.29) is 5.56 Å². The molecule has 3 heterocycles. The highest BCUT2D eigenvalue weighted by Crippen LogP contribution is 2.30. The van der Waals surface area contributed by atoms with Gasteiger partial charge in [0, 0.05) is 23.7 Å². The molecule has 2 aromatic rings. The fraction of sp³-hybridized carbons (Fsp3) is 0.500. The lowest BCUT2D eigenvalue weighted by Crippen LogP contribution is -2.47. The van der Waals surface area contributed by atoms with E-state index in [1.54, 1.807) is 11.3 Å². The summed E-state index contributed by atoms with van der Waals surface area (Å²) in [6.07, 6.45) is 1.48. The molecule has 1 fully saturated rings. The van der Waals surface area contributed by atoms with Gasteiger partial charge in [0.15, 0.2) is 4.96 Å². The Kier molecular flexibility index (Phi) is 3.33. The second kappa shape index (κ2) is 4.92. The number of rotatable bonds is 3. The zero-order valence-corrected chi connectivity index (χ0v) is 12.8. The van der Waals surface area contributed by atoms with Gasteiger partial charge in [0.1, 0.15) is 5.54 Å². The van der Waals surface area contributed by atoms with Crippen LogP contribution in [0.3, 0.4) is 0 Å². The molecule has 7 heteroatoms. The number of thiazole rings is 1. The lowest BCUT2D eigenvalue weighted by molar-refractivity contribution is -0.148. The SMILES string of the molecule is Cc1csc2nc(CN3CCCC3(C)C(=O)O)cc(=O)n12. The van der Waals surface area contributed by atoms with E-state index in [1.807, 2.05) is 17.2 Å². The fourth-order valence-corrected chi connectivity index (χ4v) is 3.78. The summed E-state index contributed by atoms with van der Waals surface area (Å²) in [5.41, 5.74) is 0.537. The van der Waals surface area contributed by atoms with Crippen molar-refractivity contribution in [1.29, 1.82) is 0 Å². The Morgan fingerprint density at radius 1 is 1.57 bits per heavy atom. The molecule has 3 rings (SSSR count). The van der Waals surface area contributed by atoms with Crippen LogP contribution in [0.1, 0.15) is 31.2 Å². The summed E-state index contributed by atoms with van der Waals surface area (Å²) >= 11 is 1.42. The number of hydrogen-bond donors (Lipinski definition) is 1. The van der Waals surface area contributed by atoms with Gasteiger partial charge >= 0.3 is 5.97 Å². The second-order valence-electron chi connectivity index (χ2n) is 5.68. The molecule has 0 saturated carbocycles. The first-order chi connectivity index (χ1) is 9.91. The highest BCUT2D eigenvalue weighted by Gasteiger charge is 2.43. The van der Waals surface area contributed by atoms with Gasteiger partial charge < -0.3 is 5.11 Å². The van der Waals surface area contributed by atoms with Crippen LogP contribution >= 0.6 is 11.3 Å². The summed E-state index contributed by atoms with van der Waals surface area (Å²) < 4.78 is 1.58. The third kappa shape index (κ3) is 2.26. The minimum absolute atomic E-state index is 0.107. The molecular formula is C14H17N3O3S. The van der Waals surface area contributed by atoms with E-state index in [2.05, 4.69) is 4.98 Å². The summed E-state index contributed by atoms with van der Waals surface area (Å²) in [6, 6.07) is 1.51. The molecule has 0 bridgehead atoms. The average molecular weight is 307 g/mol. The molecule has 0 amide bonds. The van der Waals surface area contributed by atoms with Crippen molar-refractivity contribution in [2.75, 3.05) is 6.54 Å². The molecule has 1 atom stereocenters. The van der Waals surface area contributed by atoms with Crippen molar-refractivity contribution in [1.82, 2.24) is 14.3 Å². The van der Waals surface area contributed by atoms with Gasteiger partial charge in [-0.25, -0.2) is 4.98 Å². The van der Waals surface area contributed by atoms with Gasteiger partial charge in [0.05, 0.1) is 5.69 Å². The van der Waals surface area contributed by atoms with Crippen LogP contribution in [0.5, 0.6) is 0 Å². The van der Waals surface area contributed by atoms with Crippen molar-refractivity contribution in [3.05, 3.63) is 33.2 Å². The summed E-state index contributed by atoms with van der Waals surface area (Å²) in [5.74, 6) is -0.815. The van der Waals surface area contributed by atoms with Gasteiger partial charge in [-0.3, -0.25) is 18.9 Å². The first-order valence-corrected chi connectivity index (χ1v) is 7.75. The Hall–Kier alpha value is -1.73. The number of carbonyl (C=O) groups is 1. The maximum Gasteiger partial charge on any atom is 0.323 e. The monoisotopic (exact) mass is 307 g/mol. The Labute approximate surface area is 125 Å². The molecule has 0 aromatic carbocycles. The molecule has 21 heavy (non-hydrogen) atoms. The van der Waals surface area contributed by atoms with Gasteiger partial charge in [-0.05, 0) is 33.2 Å². The summed E-state index contributed by atoms with van der Waals surface area (Å²) in [5, 5.41) is 11.3. The molecular weight excluding hydrogens is 290 g/mol. The fourth-order valence-electron chi connectivity index (χ4n) is 2.89. The van der Waals surface area contributed by atoms with Gasteiger partial charge in [-0.15, -0.1) is 11.3 Å². The smallest absolute Gasteiger partial charge is 0.323 e. The van der Waals surface area contributed by atoms with Crippen LogP contribution in [0.25, 0.3) is 4.96 Å². The molecule has 1 N–H and O–H groups in total. The van der Waals surface area contributed by atoms with E-state index < -0.39 is 11.5 Å². The van der Waals surface area contributed by atoms with E-state index in [9.17, 15) is 14.7 Å². The highest BCUT2D eigenvalue weighted by molar-refractivity contribution is 7.15. The van der Waals surface area contributed by atoms with Crippen molar-refractivity contribution in [2.45, 2.75) is 38.8 Å². The predicted octanol–water partition coefficient (Wildman–Crippen LogP) is 1.50. The zero-order chi connectivity index (χ0) is 15.2. The molecule has 0 radical (unpaired) electrons. The van der Waals surface area contributed by atoms with Crippen LogP contribution in [0.2, 0.25) is 0 Å². The number of aryl methyl sites for hydroxylation is 1. The standard InChI is InChI=1S/C14H17N3O3S/c1-9-8-21-13-15-10(6-11(18)17(9)13)7-16-5-3-4-14(16,2)12(19)20/h6,8H,3-5,7H2,1-2H3,(H,19,20). The number of aliphatic carboxylic acids is 1. The molecule has 0 aliphatic carbocycles. The molecule has 1 aliphatic heterocycles. The van der Waals surface area contributed by atoms with Gasteiger partial charge in [0.2, 0.25) is 0 Å². The zero-order valence-electron chi connectivity index (χ0n) is 12.0. The van der Waals surface area contributed by atoms with Crippen molar-refractivity contribution >= 4 is 22.3 Å². The number of carboxylic acid groups (broad SMARTS) is 1. The number of fused-ring (bicyclic) bond motifs is 1. The normalized spacial score (nSPS) is 23.0. The highest BCUT2D eigenvalue weighted by atomic mass is 32.1. The average Bonchev–Trinajstić information content (AvgIpc) is 2.96. The predicted molar refractivity (Wildman–Crippen MR) is 79.8 cm³/mol. The lowest BCUT2D eigenvalue weighted by Gasteiger charge is -2.30. The maximum absolute atomic E-state index is 12.1. The molecule has 1 aliphatic rings.